The molecule has 1 saturated carbocycles. The van der Waals surface area contributed by atoms with Gasteiger partial charge in [-0.1, -0.05) is 34.6 Å². The van der Waals surface area contributed by atoms with E-state index in [-0.39, 0.29) is 5.41 Å². The van der Waals surface area contributed by atoms with E-state index in [1.54, 1.807) is 0 Å². The van der Waals surface area contributed by atoms with E-state index >= 15 is 0 Å². The van der Waals surface area contributed by atoms with Crippen LogP contribution >= 0.6 is 0 Å². The lowest BCUT2D eigenvalue weighted by molar-refractivity contribution is -0.0307. The third-order valence-corrected chi connectivity index (χ3v) is 4.03. The van der Waals surface area contributed by atoms with Gasteiger partial charge in [0, 0.05) is 6.61 Å². The van der Waals surface area contributed by atoms with Gasteiger partial charge >= 0.3 is 0 Å². The Hall–Kier alpha value is -0.0800. The van der Waals surface area contributed by atoms with Gasteiger partial charge in [0.25, 0.3) is 0 Å². The quantitative estimate of drug-likeness (QED) is 0.798. The van der Waals surface area contributed by atoms with Crippen LogP contribution in [0.5, 0.6) is 0 Å². The third-order valence-electron chi connectivity index (χ3n) is 4.03. The van der Waals surface area contributed by atoms with Gasteiger partial charge in [-0.2, -0.15) is 0 Å². The van der Waals surface area contributed by atoms with Crippen LogP contribution in [0.3, 0.4) is 0 Å². The Labute approximate surface area is 107 Å². The molecule has 0 heterocycles. The van der Waals surface area contributed by atoms with Gasteiger partial charge in [0.05, 0.1) is 6.10 Å². The Morgan fingerprint density at radius 1 is 1.29 bits per heavy atom. The van der Waals surface area contributed by atoms with Crippen molar-refractivity contribution in [2.75, 3.05) is 13.2 Å². The summed E-state index contributed by atoms with van der Waals surface area (Å²) in [5.41, 5.74) is 6.40. The van der Waals surface area contributed by atoms with Gasteiger partial charge in [-0.15, -0.1) is 0 Å². The maximum atomic E-state index is 6.07. The second-order valence-corrected chi connectivity index (χ2v) is 7.52. The van der Waals surface area contributed by atoms with Crippen LogP contribution in [-0.2, 0) is 4.74 Å². The van der Waals surface area contributed by atoms with Crippen molar-refractivity contribution in [1.82, 2.24) is 0 Å². The molecule has 102 valence electrons. The van der Waals surface area contributed by atoms with Crippen LogP contribution in [0.1, 0.15) is 60.3 Å². The third kappa shape index (κ3) is 5.39. The summed E-state index contributed by atoms with van der Waals surface area (Å²) in [7, 11) is 0. The lowest BCUT2D eigenvalue weighted by Gasteiger charge is -2.39. The van der Waals surface area contributed by atoms with Crippen molar-refractivity contribution in [2.24, 2.45) is 22.5 Å². The first-order valence-corrected chi connectivity index (χ1v) is 7.06. The molecule has 1 rings (SSSR count). The van der Waals surface area contributed by atoms with E-state index in [0.717, 1.165) is 25.5 Å². The van der Waals surface area contributed by atoms with E-state index in [4.69, 9.17) is 10.5 Å². The standard InChI is InChI=1S/C15H31NO/c1-12-8-13(10-15(4,5)9-12)17-7-6-14(2,3)11-16/h12-13H,6-11,16H2,1-5H3. The minimum atomic E-state index is 0.218. The number of hydrogen-bond acceptors (Lipinski definition) is 2. The topological polar surface area (TPSA) is 35.2 Å². The minimum absolute atomic E-state index is 0.218. The van der Waals surface area contributed by atoms with E-state index in [2.05, 4.69) is 34.6 Å². The maximum absolute atomic E-state index is 6.07. The normalized spacial score (nSPS) is 29.3. The molecule has 0 aromatic heterocycles. The molecule has 2 N–H and O–H groups in total. The average Bonchev–Trinajstić information content (AvgIpc) is 2.14. The molecule has 1 aliphatic carbocycles. The summed E-state index contributed by atoms with van der Waals surface area (Å²) in [5, 5.41) is 0. The van der Waals surface area contributed by atoms with Crippen molar-refractivity contribution in [2.45, 2.75) is 66.4 Å². The van der Waals surface area contributed by atoms with Crippen LogP contribution in [0.15, 0.2) is 0 Å². The van der Waals surface area contributed by atoms with Gasteiger partial charge in [-0.05, 0) is 49.0 Å². The van der Waals surface area contributed by atoms with E-state index < -0.39 is 0 Å². The molecule has 0 amide bonds. The summed E-state index contributed by atoms with van der Waals surface area (Å²) in [4.78, 5) is 0. The predicted molar refractivity (Wildman–Crippen MR) is 74.0 cm³/mol. The first-order valence-electron chi connectivity index (χ1n) is 7.06. The van der Waals surface area contributed by atoms with Crippen LogP contribution in [0.2, 0.25) is 0 Å². The Bertz CT molecular complexity index is 235. The number of ether oxygens (including phenoxy) is 1. The van der Waals surface area contributed by atoms with E-state index in [0.29, 0.717) is 11.5 Å². The first-order chi connectivity index (χ1) is 7.74. The van der Waals surface area contributed by atoms with Crippen LogP contribution in [0, 0.1) is 16.7 Å². The van der Waals surface area contributed by atoms with Gasteiger partial charge in [0.15, 0.2) is 0 Å². The average molecular weight is 241 g/mol. The second-order valence-electron chi connectivity index (χ2n) is 7.52. The summed E-state index contributed by atoms with van der Waals surface area (Å²) in [6.07, 6.45) is 5.30. The van der Waals surface area contributed by atoms with Crippen molar-refractivity contribution in [1.29, 1.82) is 0 Å². The zero-order valence-electron chi connectivity index (χ0n) is 12.4. The Morgan fingerprint density at radius 3 is 2.47 bits per heavy atom. The zero-order chi connectivity index (χ0) is 13.1. The van der Waals surface area contributed by atoms with Crippen molar-refractivity contribution < 1.29 is 4.74 Å². The van der Waals surface area contributed by atoms with Crippen molar-refractivity contribution >= 4 is 0 Å². The molecule has 17 heavy (non-hydrogen) atoms. The molecule has 2 atom stereocenters. The van der Waals surface area contributed by atoms with Crippen molar-refractivity contribution in [3.05, 3.63) is 0 Å². The van der Waals surface area contributed by atoms with Crippen LogP contribution in [-0.4, -0.2) is 19.3 Å². The van der Waals surface area contributed by atoms with E-state index in [1.165, 1.54) is 19.3 Å². The lowest BCUT2D eigenvalue weighted by atomic mass is 9.71. The van der Waals surface area contributed by atoms with Gasteiger partial charge in [-0.25, -0.2) is 0 Å². The smallest absolute Gasteiger partial charge is 0.0582 e. The van der Waals surface area contributed by atoms with E-state index in [1.807, 2.05) is 0 Å². The highest BCUT2D eigenvalue weighted by molar-refractivity contribution is 4.83. The highest BCUT2D eigenvalue weighted by Crippen LogP contribution is 2.39. The fourth-order valence-electron chi connectivity index (χ4n) is 2.99. The van der Waals surface area contributed by atoms with Gasteiger partial charge in [0.2, 0.25) is 0 Å². The number of hydrogen-bond donors (Lipinski definition) is 1. The number of rotatable bonds is 5. The molecule has 1 aliphatic rings. The second kappa shape index (κ2) is 5.71. The minimum Gasteiger partial charge on any atom is -0.378 e. The summed E-state index contributed by atoms with van der Waals surface area (Å²) in [6, 6.07) is 0. The molecule has 1 fully saturated rings. The van der Waals surface area contributed by atoms with Crippen LogP contribution < -0.4 is 5.73 Å². The SMILES string of the molecule is CC1CC(OCCC(C)(C)CN)CC(C)(C)C1. The van der Waals surface area contributed by atoms with Crippen molar-refractivity contribution in [3.63, 3.8) is 0 Å². The fraction of sp³-hybridized carbons (Fsp3) is 1.00. The molecule has 0 aliphatic heterocycles. The molecule has 0 bridgehead atoms. The first kappa shape index (κ1) is 15.0. The Balaban J connectivity index is 2.32. The molecule has 2 unspecified atom stereocenters. The molecular weight excluding hydrogens is 210 g/mol. The summed E-state index contributed by atoms with van der Waals surface area (Å²) < 4.78 is 6.07. The highest BCUT2D eigenvalue weighted by Gasteiger charge is 2.32. The van der Waals surface area contributed by atoms with Gasteiger partial charge < -0.3 is 10.5 Å². The highest BCUT2D eigenvalue weighted by atomic mass is 16.5. The summed E-state index contributed by atoms with van der Waals surface area (Å²) >= 11 is 0. The molecule has 0 radical (unpaired) electrons. The molecule has 0 saturated heterocycles. The van der Waals surface area contributed by atoms with Crippen LogP contribution in [0.25, 0.3) is 0 Å². The maximum Gasteiger partial charge on any atom is 0.0582 e. The molecule has 2 nitrogen and oxygen atoms in total. The van der Waals surface area contributed by atoms with Crippen LogP contribution in [0.4, 0.5) is 0 Å². The molecule has 0 spiro atoms. The van der Waals surface area contributed by atoms with Gasteiger partial charge in [-0.3, -0.25) is 0 Å². The largest absolute Gasteiger partial charge is 0.378 e. The summed E-state index contributed by atoms with van der Waals surface area (Å²) in [5.74, 6) is 0.797. The molecule has 0 aromatic carbocycles. The number of nitrogens with two attached hydrogens (primary N) is 1. The fourth-order valence-corrected chi connectivity index (χ4v) is 2.99. The van der Waals surface area contributed by atoms with E-state index in [9.17, 15) is 0 Å². The predicted octanol–water partition coefficient (Wildman–Crippen LogP) is 3.59. The monoisotopic (exact) mass is 241 g/mol. The molecule has 0 aromatic rings. The summed E-state index contributed by atoms with van der Waals surface area (Å²) in [6.45, 7) is 13.1. The van der Waals surface area contributed by atoms with Gasteiger partial charge in [0.1, 0.15) is 0 Å². The van der Waals surface area contributed by atoms with Crippen molar-refractivity contribution in [3.8, 4) is 0 Å². The zero-order valence-corrected chi connectivity index (χ0v) is 12.4. The Kier molecular flexibility index (Phi) is 5.03. The lowest BCUT2D eigenvalue weighted by Crippen LogP contribution is -2.33. The molecular formula is C15H31NO. The molecule has 2 heteroatoms. The Morgan fingerprint density at radius 2 is 1.94 bits per heavy atom.